The Labute approximate surface area is 150 Å². The summed E-state index contributed by atoms with van der Waals surface area (Å²) in [5, 5.41) is 18.6. The first-order valence-corrected chi connectivity index (χ1v) is 9.37. The maximum Gasteiger partial charge on any atom is 0.339 e. The molecule has 0 aromatic heterocycles. The Hall–Kier alpha value is -2.78. The molecule has 0 radical (unpaired) electrons. The van der Waals surface area contributed by atoms with Gasteiger partial charge in [0.25, 0.3) is 10.0 Å². The van der Waals surface area contributed by atoms with Crippen molar-refractivity contribution >= 4 is 27.4 Å². The number of carboxylic acid groups (broad SMARTS) is 1. The number of nitrogens with one attached hydrogen (secondary N) is 1. The molecule has 0 saturated carbocycles. The molecule has 26 heavy (non-hydrogen) atoms. The van der Waals surface area contributed by atoms with E-state index in [0.717, 1.165) is 17.8 Å². The van der Waals surface area contributed by atoms with Crippen LogP contribution in [0.2, 0.25) is 0 Å². The van der Waals surface area contributed by atoms with Crippen molar-refractivity contribution < 1.29 is 28.2 Å². The number of aromatic hydroxyl groups is 1. The number of carboxylic acids is 1. The first-order valence-electron chi connectivity index (χ1n) is 7.89. The van der Waals surface area contributed by atoms with Crippen LogP contribution >= 0.6 is 0 Å². The van der Waals surface area contributed by atoms with Gasteiger partial charge in [0.1, 0.15) is 11.3 Å². The molecule has 3 N–H and O–H groups in total. The van der Waals surface area contributed by atoms with Gasteiger partial charge in [-0.2, -0.15) is 0 Å². The highest BCUT2D eigenvalue weighted by Gasteiger charge is 2.19. The number of hydrogen-bond acceptors (Lipinski definition) is 6. The average molecular weight is 378 g/mol. The summed E-state index contributed by atoms with van der Waals surface area (Å²) in [6.07, 6.45) is 0. The fraction of sp³-hybridized carbons (Fsp3) is 0.235. The van der Waals surface area contributed by atoms with E-state index in [4.69, 9.17) is 9.84 Å². The van der Waals surface area contributed by atoms with E-state index in [0.29, 0.717) is 26.3 Å². The predicted octanol–water partition coefficient (Wildman–Crippen LogP) is 1.73. The normalized spacial score (nSPS) is 14.8. The number of hydrogen-bond donors (Lipinski definition) is 3. The van der Waals surface area contributed by atoms with Gasteiger partial charge in [-0.15, -0.1) is 0 Å². The molecule has 8 nitrogen and oxygen atoms in total. The van der Waals surface area contributed by atoms with Crippen LogP contribution in [-0.2, 0) is 14.8 Å². The number of benzene rings is 2. The van der Waals surface area contributed by atoms with Crippen molar-refractivity contribution in [2.24, 2.45) is 0 Å². The van der Waals surface area contributed by atoms with Crippen LogP contribution in [0.4, 0.5) is 11.4 Å². The third-order valence-electron chi connectivity index (χ3n) is 3.98. The first-order chi connectivity index (χ1) is 12.4. The quantitative estimate of drug-likeness (QED) is 0.725. The monoisotopic (exact) mass is 378 g/mol. The minimum Gasteiger partial charge on any atom is -0.507 e. The van der Waals surface area contributed by atoms with Gasteiger partial charge in [0.2, 0.25) is 0 Å². The maximum atomic E-state index is 12.6. The Balaban J connectivity index is 1.84. The van der Waals surface area contributed by atoms with Crippen LogP contribution in [0.15, 0.2) is 47.4 Å². The SMILES string of the molecule is O=C(O)c1ccc(NS(=O)(=O)c2cccc(N3CCOCC3)c2)cc1O. The summed E-state index contributed by atoms with van der Waals surface area (Å²) in [7, 11) is -3.89. The fourth-order valence-corrected chi connectivity index (χ4v) is 3.75. The molecule has 1 heterocycles. The van der Waals surface area contributed by atoms with E-state index in [1.165, 1.54) is 12.1 Å². The van der Waals surface area contributed by atoms with Crippen molar-refractivity contribution in [2.75, 3.05) is 35.9 Å². The number of aromatic carboxylic acids is 1. The third-order valence-corrected chi connectivity index (χ3v) is 5.36. The van der Waals surface area contributed by atoms with Gasteiger partial charge < -0.3 is 19.8 Å². The molecule has 1 aliphatic rings. The topological polar surface area (TPSA) is 116 Å². The van der Waals surface area contributed by atoms with Crippen LogP contribution < -0.4 is 9.62 Å². The number of rotatable bonds is 5. The Morgan fingerprint density at radius 2 is 1.85 bits per heavy atom. The summed E-state index contributed by atoms with van der Waals surface area (Å²) in [5.74, 6) is -1.81. The molecule has 0 unspecified atom stereocenters. The van der Waals surface area contributed by atoms with Crippen molar-refractivity contribution in [3.63, 3.8) is 0 Å². The van der Waals surface area contributed by atoms with E-state index in [9.17, 15) is 18.3 Å². The molecule has 2 aromatic rings. The van der Waals surface area contributed by atoms with Crippen LogP contribution in [0.3, 0.4) is 0 Å². The highest BCUT2D eigenvalue weighted by Crippen LogP contribution is 2.26. The van der Waals surface area contributed by atoms with Crippen molar-refractivity contribution in [3.05, 3.63) is 48.0 Å². The van der Waals surface area contributed by atoms with E-state index < -0.39 is 21.7 Å². The van der Waals surface area contributed by atoms with Crippen LogP contribution in [0, 0.1) is 0 Å². The molecule has 1 saturated heterocycles. The Kier molecular flexibility index (Phi) is 5.01. The number of nitrogens with zero attached hydrogens (tertiary/aromatic N) is 1. The lowest BCUT2D eigenvalue weighted by molar-refractivity contribution is 0.0693. The zero-order valence-electron chi connectivity index (χ0n) is 13.8. The lowest BCUT2D eigenvalue weighted by Crippen LogP contribution is -2.36. The van der Waals surface area contributed by atoms with Gasteiger partial charge >= 0.3 is 5.97 Å². The summed E-state index contributed by atoms with van der Waals surface area (Å²) in [5.41, 5.74) is 0.548. The van der Waals surface area contributed by atoms with Crippen molar-refractivity contribution in [1.29, 1.82) is 0 Å². The molecule has 0 amide bonds. The molecule has 1 fully saturated rings. The van der Waals surface area contributed by atoms with Crippen LogP contribution in [-0.4, -0.2) is 50.9 Å². The predicted molar refractivity (Wildman–Crippen MR) is 95.3 cm³/mol. The minimum atomic E-state index is -3.89. The van der Waals surface area contributed by atoms with E-state index >= 15 is 0 Å². The van der Waals surface area contributed by atoms with E-state index in [2.05, 4.69) is 4.72 Å². The summed E-state index contributed by atoms with van der Waals surface area (Å²) in [6, 6.07) is 10.0. The lowest BCUT2D eigenvalue weighted by Gasteiger charge is -2.29. The number of sulfonamides is 1. The van der Waals surface area contributed by atoms with Gasteiger partial charge in [-0.05, 0) is 30.3 Å². The number of anilines is 2. The molecule has 3 rings (SSSR count). The first kappa shape index (κ1) is 18.0. The van der Waals surface area contributed by atoms with Crippen LogP contribution in [0.25, 0.3) is 0 Å². The number of carbonyl (C=O) groups is 1. The second-order valence-corrected chi connectivity index (χ2v) is 7.42. The van der Waals surface area contributed by atoms with Crippen molar-refractivity contribution in [2.45, 2.75) is 4.90 Å². The molecule has 0 atom stereocenters. The number of phenols is 1. The summed E-state index contributed by atoms with van der Waals surface area (Å²) in [6.45, 7) is 2.54. The zero-order chi connectivity index (χ0) is 18.7. The Morgan fingerprint density at radius 3 is 2.50 bits per heavy atom. The number of morpholine rings is 1. The van der Waals surface area contributed by atoms with Crippen LogP contribution in [0.5, 0.6) is 5.75 Å². The zero-order valence-corrected chi connectivity index (χ0v) is 14.6. The molecular weight excluding hydrogens is 360 g/mol. The van der Waals surface area contributed by atoms with E-state index in [-0.39, 0.29) is 16.1 Å². The summed E-state index contributed by atoms with van der Waals surface area (Å²) >= 11 is 0. The number of ether oxygens (including phenoxy) is 1. The smallest absolute Gasteiger partial charge is 0.339 e. The minimum absolute atomic E-state index is 0.0725. The molecule has 0 aliphatic carbocycles. The second-order valence-electron chi connectivity index (χ2n) is 5.74. The fourth-order valence-electron chi connectivity index (χ4n) is 2.66. The highest BCUT2D eigenvalue weighted by atomic mass is 32.2. The van der Waals surface area contributed by atoms with Gasteiger partial charge in [0, 0.05) is 24.8 Å². The Morgan fingerprint density at radius 1 is 1.12 bits per heavy atom. The Bertz CT molecular complexity index is 923. The molecule has 9 heteroatoms. The molecule has 1 aliphatic heterocycles. The van der Waals surface area contributed by atoms with E-state index in [1.54, 1.807) is 12.1 Å². The summed E-state index contributed by atoms with van der Waals surface area (Å²) in [4.78, 5) is 13.0. The standard InChI is InChI=1S/C17H18N2O6S/c20-16-10-12(4-5-15(16)17(21)22)18-26(23,24)14-3-1-2-13(11-14)19-6-8-25-9-7-19/h1-5,10-11,18,20H,6-9H2,(H,21,22). The largest absolute Gasteiger partial charge is 0.507 e. The van der Waals surface area contributed by atoms with Crippen molar-refractivity contribution in [1.82, 2.24) is 0 Å². The average Bonchev–Trinajstić information content (AvgIpc) is 2.62. The third kappa shape index (κ3) is 3.89. The molecule has 0 spiro atoms. The van der Waals surface area contributed by atoms with Gasteiger partial charge in [0.05, 0.1) is 23.8 Å². The molecule has 138 valence electrons. The van der Waals surface area contributed by atoms with Crippen molar-refractivity contribution in [3.8, 4) is 5.75 Å². The van der Waals surface area contributed by atoms with Gasteiger partial charge in [-0.25, -0.2) is 13.2 Å². The molecule has 0 bridgehead atoms. The second kappa shape index (κ2) is 7.22. The molecule has 2 aromatic carbocycles. The maximum absolute atomic E-state index is 12.6. The van der Waals surface area contributed by atoms with Gasteiger partial charge in [0.15, 0.2) is 0 Å². The van der Waals surface area contributed by atoms with Gasteiger partial charge in [-0.3, -0.25) is 4.72 Å². The lowest BCUT2D eigenvalue weighted by atomic mass is 10.2. The van der Waals surface area contributed by atoms with Crippen LogP contribution in [0.1, 0.15) is 10.4 Å². The van der Waals surface area contributed by atoms with Gasteiger partial charge in [-0.1, -0.05) is 6.07 Å². The van der Waals surface area contributed by atoms with E-state index in [1.807, 2.05) is 11.0 Å². The highest BCUT2D eigenvalue weighted by molar-refractivity contribution is 7.92. The summed E-state index contributed by atoms with van der Waals surface area (Å²) < 4.78 is 32.9. The molecular formula is C17H18N2O6S.